The van der Waals surface area contributed by atoms with E-state index >= 15 is 0 Å². The van der Waals surface area contributed by atoms with Gasteiger partial charge in [0.05, 0.1) is 6.10 Å². The number of thioether (sulfide) groups is 1. The largest absolute Gasteiger partial charge is 0.368 e. The van der Waals surface area contributed by atoms with Gasteiger partial charge in [0.1, 0.15) is 6.61 Å². The molecule has 1 N–H and O–H groups in total. The molecule has 2 rings (SSSR count). The van der Waals surface area contributed by atoms with Crippen molar-refractivity contribution in [2.45, 2.75) is 68.8 Å². The Bertz CT molecular complexity index is 267. The molecular formula is C14H25NO2S. The second-order valence-corrected chi connectivity index (χ2v) is 6.64. The fraction of sp³-hybridized carbons (Fsp3) is 0.929. The van der Waals surface area contributed by atoms with Gasteiger partial charge in [-0.1, -0.05) is 19.3 Å². The number of hydrogen-bond donors (Lipinski definition) is 1. The Morgan fingerprint density at radius 1 is 1.22 bits per heavy atom. The lowest BCUT2D eigenvalue weighted by molar-refractivity contribution is -0.128. The highest BCUT2D eigenvalue weighted by molar-refractivity contribution is 7.99. The smallest absolute Gasteiger partial charge is 0.246 e. The van der Waals surface area contributed by atoms with E-state index in [1.165, 1.54) is 25.7 Å². The topological polar surface area (TPSA) is 38.3 Å². The van der Waals surface area contributed by atoms with Crippen LogP contribution in [-0.2, 0) is 9.53 Å². The second kappa shape index (κ2) is 7.39. The van der Waals surface area contributed by atoms with Crippen LogP contribution in [0.15, 0.2) is 0 Å². The number of carbonyl (C=O) groups is 1. The third-order valence-electron chi connectivity index (χ3n) is 4.08. The van der Waals surface area contributed by atoms with Gasteiger partial charge >= 0.3 is 0 Å². The molecule has 2 saturated carbocycles. The van der Waals surface area contributed by atoms with Crippen LogP contribution in [0.5, 0.6) is 0 Å². The molecule has 1 amide bonds. The van der Waals surface area contributed by atoms with E-state index in [1.54, 1.807) is 0 Å². The first kappa shape index (κ1) is 14.2. The Morgan fingerprint density at radius 3 is 2.72 bits per heavy atom. The summed E-state index contributed by atoms with van der Waals surface area (Å²) in [5.41, 5.74) is 0. The average Bonchev–Trinajstić information content (AvgIpc) is 2.90. The van der Waals surface area contributed by atoms with Crippen LogP contribution < -0.4 is 5.32 Å². The first-order valence-corrected chi connectivity index (χ1v) is 8.50. The Hall–Kier alpha value is -0.220. The molecule has 0 aromatic heterocycles. The maximum Gasteiger partial charge on any atom is 0.246 e. The minimum atomic E-state index is 0.0775. The molecule has 3 nitrogen and oxygen atoms in total. The molecule has 0 unspecified atom stereocenters. The zero-order chi connectivity index (χ0) is 12.8. The lowest BCUT2D eigenvalue weighted by Gasteiger charge is -2.28. The van der Waals surface area contributed by atoms with E-state index in [1.807, 2.05) is 11.8 Å². The van der Waals surface area contributed by atoms with Gasteiger partial charge in [0.25, 0.3) is 0 Å². The van der Waals surface area contributed by atoms with Gasteiger partial charge in [0, 0.05) is 11.3 Å². The lowest BCUT2D eigenvalue weighted by Crippen LogP contribution is -2.41. The van der Waals surface area contributed by atoms with Crippen molar-refractivity contribution < 1.29 is 9.53 Å². The van der Waals surface area contributed by atoms with Crippen LogP contribution in [0.25, 0.3) is 0 Å². The molecule has 0 spiro atoms. The minimum absolute atomic E-state index is 0.0775. The summed E-state index contributed by atoms with van der Waals surface area (Å²) in [5.74, 6) is 0.0775. The molecular weight excluding hydrogens is 246 g/mol. The molecule has 0 aromatic rings. The molecule has 0 radical (unpaired) electrons. The molecule has 4 heteroatoms. The molecule has 2 fully saturated rings. The van der Waals surface area contributed by atoms with Crippen LogP contribution in [0.4, 0.5) is 0 Å². The van der Waals surface area contributed by atoms with E-state index < -0.39 is 0 Å². The number of rotatable bonds is 5. The van der Waals surface area contributed by atoms with Crippen LogP contribution >= 0.6 is 11.8 Å². The van der Waals surface area contributed by atoms with Crippen molar-refractivity contribution in [3.8, 4) is 0 Å². The lowest BCUT2D eigenvalue weighted by atomic mass is 9.95. The van der Waals surface area contributed by atoms with Crippen LogP contribution in [0.2, 0.25) is 0 Å². The maximum atomic E-state index is 11.8. The Balaban J connectivity index is 1.63. The van der Waals surface area contributed by atoms with Gasteiger partial charge in [-0.15, -0.1) is 0 Å². The van der Waals surface area contributed by atoms with Crippen LogP contribution in [0.1, 0.15) is 51.4 Å². The molecule has 0 heterocycles. The van der Waals surface area contributed by atoms with E-state index in [-0.39, 0.29) is 12.5 Å². The molecule has 104 valence electrons. The number of nitrogens with one attached hydrogen (secondary N) is 1. The van der Waals surface area contributed by atoms with Crippen molar-refractivity contribution in [1.29, 1.82) is 0 Å². The van der Waals surface area contributed by atoms with Crippen molar-refractivity contribution in [3.63, 3.8) is 0 Å². The second-order valence-electron chi connectivity index (χ2n) is 5.51. The molecule has 0 saturated heterocycles. The Morgan fingerprint density at radius 2 is 2.00 bits per heavy atom. The van der Waals surface area contributed by atoms with Gasteiger partial charge < -0.3 is 10.1 Å². The number of amides is 1. The highest BCUT2D eigenvalue weighted by atomic mass is 32.2. The molecule has 18 heavy (non-hydrogen) atoms. The van der Waals surface area contributed by atoms with E-state index in [0.717, 1.165) is 30.9 Å². The zero-order valence-corrected chi connectivity index (χ0v) is 12.1. The maximum absolute atomic E-state index is 11.8. The predicted molar refractivity (Wildman–Crippen MR) is 75.9 cm³/mol. The molecule has 2 atom stereocenters. The summed E-state index contributed by atoms with van der Waals surface area (Å²) in [4.78, 5) is 11.8. The summed E-state index contributed by atoms with van der Waals surface area (Å²) in [6, 6.07) is 0.371. The summed E-state index contributed by atoms with van der Waals surface area (Å²) in [7, 11) is 0. The van der Waals surface area contributed by atoms with Crippen molar-refractivity contribution in [1.82, 2.24) is 5.32 Å². The fourth-order valence-electron chi connectivity index (χ4n) is 3.01. The monoisotopic (exact) mass is 271 g/mol. The summed E-state index contributed by atoms with van der Waals surface area (Å²) in [6.45, 7) is 0.255. The number of ether oxygens (including phenoxy) is 1. The molecule has 2 aliphatic rings. The van der Waals surface area contributed by atoms with Gasteiger partial charge in [-0.2, -0.15) is 11.8 Å². The Labute approximate surface area is 114 Å². The average molecular weight is 271 g/mol. The summed E-state index contributed by atoms with van der Waals surface area (Å²) in [6.07, 6.45) is 12.1. The van der Waals surface area contributed by atoms with Crippen molar-refractivity contribution in [2.24, 2.45) is 0 Å². The summed E-state index contributed by atoms with van der Waals surface area (Å²) >= 11 is 1.93. The van der Waals surface area contributed by atoms with Crippen molar-refractivity contribution >= 4 is 17.7 Å². The van der Waals surface area contributed by atoms with Gasteiger partial charge in [-0.25, -0.2) is 0 Å². The van der Waals surface area contributed by atoms with Crippen LogP contribution in [0.3, 0.4) is 0 Å². The predicted octanol–water partition coefficient (Wildman–Crippen LogP) is 2.74. The third-order valence-corrected chi connectivity index (χ3v) is 5.17. The highest BCUT2D eigenvalue weighted by Crippen LogP contribution is 2.27. The minimum Gasteiger partial charge on any atom is -0.368 e. The van der Waals surface area contributed by atoms with Crippen molar-refractivity contribution in [2.75, 3.05) is 12.9 Å². The zero-order valence-electron chi connectivity index (χ0n) is 11.3. The van der Waals surface area contributed by atoms with Gasteiger partial charge in [0.2, 0.25) is 5.91 Å². The normalized spacial score (nSPS) is 29.4. The van der Waals surface area contributed by atoms with Crippen molar-refractivity contribution in [3.05, 3.63) is 0 Å². The van der Waals surface area contributed by atoms with Gasteiger partial charge in [-0.05, 0) is 38.4 Å². The van der Waals surface area contributed by atoms with E-state index in [4.69, 9.17) is 4.74 Å². The molecule has 0 aliphatic heterocycles. The van der Waals surface area contributed by atoms with E-state index in [9.17, 15) is 4.79 Å². The highest BCUT2D eigenvalue weighted by Gasteiger charge is 2.23. The van der Waals surface area contributed by atoms with Crippen LogP contribution in [0, 0.1) is 0 Å². The van der Waals surface area contributed by atoms with E-state index in [2.05, 4.69) is 11.6 Å². The Kier molecular flexibility index (Phi) is 5.83. The number of carbonyl (C=O) groups excluding carboxylic acids is 1. The molecule has 0 aromatic carbocycles. The first-order valence-electron chi connectivity index (χ1n) is 7.21. The summed E-state index contributed by atoms with van der Waals surface area (Å²) < 4.78 is 5.64. The standard InChI is InChI=1S/C14H25NO2S/c1-18-13-8-4-5-11(9-13)15-14(16)10-17-12-6-2-3-7-12/h11-13H,2-10H2,1H3,(H,15,16)/t11-,13-/m0/s1. The molecule has 0 bridgehead atoms. The quantitative estimate of drug-likeness (QED) is 0.835. The SMILES string of the molecule is CS[C@H]1CCC[C@H](NC(=O)COC2CCCC2)C1. The summed E-state index contributed by atoms with van der Waals surface area (Å²) in [5, 5.41) is 3.85. The third kappa shape index (κ3) is 4.47. The van der Waals surface area contributed by atoms with E-state index in [0.29, 0.717) is 12.1 Å². The van der Waals surface area contributed by atoms with Gasteiger partial charge in [-0.3, -0.25) is 4.79 Å². The fourth-order valence-corrected chi connectivity index (χ4v) is 3.84. The number of hydrogen-bond acceptors (Lipinski definition) is 3. The van der Waals surface area contributed by atoms with Gasteiger partial charge in [0.15, 0.2) is 0 Å². The first-order chi connectivity index (χ1) is 8.78. The van der Waals surface area contributed by atoms with Crippen LogP contribution in [-0.4, -0.2) is 36.2 Å². The molecule has 2 aliphatic carbocycles.